The summed E-state index contributed by atoms with van der Waals surface area (Å²) in [5.74, 6) is -1.01. The topological polar surface area (TPSA) is 54.9 Å². The third-order valence-corrected chi connectivity index (χ3v) is 2.77. The first kappa shape index (κ1) is 13.1. The highest BCUT2D eigenvalue weighted by Crippen LogP contribution is 2.06. The molecule has 0 unspecified atom stereocenters. The van der Waals surface area contributed by atoms with Crippen molar-refractivity contribution in [3.05, 3.63) is 59.4 Å². The Morgan fingerprint density at radius 2 is 2.16 bits per heavy atom. The van der Waals surface area contributed by atoms with Gasteiger partial charge in [0.15, 0.2) is 0 Å². The van der Waals surface area contributed by atoms with Crippen molar-refractivity contribution in [3.8, 4) is 0 Å². The van der Waals surface area contributed by atoms with Gasteiger partial charge in [0.05, 0.1) is 12.2 Å². The van der Waals surface area contributed by atoms with E-state index < -0.39 is 5.95 Å². The zero-order valence-corrected chi connectivity index (χ0v) is 10.6. The third-order valence-electron chi connectivity index (χ3n) is 2.77. The number of hydrogen-bond acceptors (Lipinski definition) is 3. The lowest BCUT2D eigenvalue weighted by Crippen LogP contribution is -2.24. The Bertz CT molecular complexity index is 586. The van der Waals surface area contributed by atoms with E-state index in [1.165, 1.54) is 12.3 Å². The largest absolute Gasteiger partial charge is 0.346 e. The van der Waals surface area contributed by atoms with Crippen molar-refractivity contribution in [1.82, 2.24) is 15.3 Å². The van der Waals surface area contributed by atoms with Gasteiger partial charge in [0.25, 0.3) is 5.91 Å². The summed E-state index contributed by atoms with van der Waals surface area (Å²) >= 11 is 0. The van der Waals surface area contributed by atoms with Gasteiger partial charge in [0.1, 0.15) is 0 Å². The SMILES string of the molecule is CCc1cccnc1CNC(=O)c1ccnc(F)c1. The second kappa shape index (κ2) is 6.04. The van der Waals surface area contributed by atoms with Crippen LogP contribution in [0, 0.1) is 5.95 Å². The lowest BCUT2D eigenvalue weighted by Gasteiger charge is -2.08. The van der Waals surface area contributed by atoms with E-state index in [1.54, 1.807) is 6.20 Å². The Labute approximate surface area is 110 Å². The molecule has 0 aromatic carbocycles. The minimum absolute atomic E-state index is 0.251. The number of carbonyl (C=O) groups excluding carboxylic acids is 1. The molecule has 0 saturated carbocycles. The number of hydrogen-bond donors (Lipinski definition) is 1. The molecule has 0 fully saturated rings. The highest BCUT2D eigenvalue weighted by Gasteiger charge is 2.08. The summed E-state index contributed by atoms with van der Waals surface area (Å²) < 4.78 is 12.9. The Hall–Kier alpha value is -2.30. The average Bonchev–Trinajstić information content (AvgIpc) is 2.45. The van der Waals surface area contributed by atoms with Gasteiger partial charge in [-0.1, -0.05) is 13.0 Å². The van der Waals surface area contributed by atoms with E-state index in [0.717, 1.165) is 23.7 Å². The number of aromatic nitrogens is 2. The molecule has 2 aromatic rings. The van der Waals surface area contributed by atoms with E-state index in [4.69, 9.17) is 0 Å². The first-order valence-electron chi connectivity index (χ1n) is 6.03. The zero-order valence-electron chi connectivity index (χ0n) is 10.6. The van der Waals surface area contributed by atoms with E-state index in [-0.39, 0.29) is 11.5 Å². The molecule has 98 valence electrons. The van der Waals surface area contributed by atoms with Crippen LogP contribution in [0.2, 0.25) is 0 Å². The van der Waals surface area contributed by atoms with Gasteiger partial charge in [-0.2, -0.15) is 4.39 Å². The summed E-state index contributed by atoms with van der Waals surface area (Å²) in [5, 5.41) is 2.72. The molecule has 0 bridgehead atoms. The summed E-state index contributed by atoms with van der Waals surface area (Å²) in [6.07, 6.45) is 3.80. The maximum Gasteiger partial charge on any atom is 0.251 e. The maximum atomic E-state index is 12.9. The Morgan fingerprint density at radius 3 is 2.89 bits per heavy atom. The summed E-state index contributed by atoms with van der Waals surface area (Å²) in [6.45, 7) is 2.35. The van der Waals surface area contributed by atoms with Crippen molar-refractivity contribution >= 4 is 5.91 Å². The highest BCUT2D eigenvalue weighted by molar-refractivity contribution is 5.93. The van der Waals surface area contributed by atoms with Crippen molar-refractivity contribution < 1.29 is 9.18 Å². The van der Waals surface area contributed by atoms with Crippen LogP contribution in [0.4, 0.5) is 4.39 Å². The van der Waals surface area contributed by atoms with E-state index in [0.29, 0.717) is 6.54 Å². The number of pyridine rings is 2. The predicted molar refractivity (Wildman–Crippen MR) is 69.0 cm³/mol. The molecule has 0 aliphatic rings. The Morgan fingerprint density at radius 1 is 1.32 bits per heavy atom. The quantitative estimate of drug-likeness (QED) is 0.855. The number of halogens is 1. The van der Waals surface area contributed by atoms with Gasteiger partial charge in [-0.3, -0.25) is 9.78 Å². The van der Waals surface area contributed by atoms with Crippen LogP contribution in [-0.4, -0.2) is 15.9 Å². The molecule has 5 heteroatoms. The normalized spacial score (nSPS) is 10.2. The Kier molecular flexibility index (Phi) is 4.18. The van der Waals surface area contributed by atoms with Crippen LogP contribution >= 0.6 is 0 Å². The molecular weight excluding hydrogens is 245 g/mol. The minimum atomic E-state index is -0.667. The fourth-order valence-corrected chi connectivity index (χ4v) is 1.76. The molecule has 0 spiro atoms. The predicted octanol–water partition coefficient (Wildman–Crippen LogP) is 2.11. The maximum absolute atomic E-state index is 12.9. The number of nitrogens with zero attached hydrogens (tertiary/aromatic N) is 2. The van der Waals surface area contributed by atoms with Crippen LogP contribution in [0.25, 0.3) is 0 Å². The second-order valence-electron chi connectivity index (χ2n) is 4.01. The van der Waals surface area contributed by atoms with E-state index in [9.17, 15) is 9.18 Å². The molecule has 0 radical (unpaired) electrons. The molecule has 19 heavy (non-hydrogen) atoms. The molecular formula is C14H14FN3O. The summed E-state index contributed by atoms with van der Waals surface area (Å²) in [4.78, 5) is 19.5. The number of carbonyl (C=O) groups is 1. The van der Waals surface area contributed by atoms with Crippen LogP contribution in [-0.2, 0) is 13.0 Å². The van der Waals surface area contributed by atoms with Crippen molar-refractivity contribution in [3.63, 3.8) is 0 Å². The van der Waals surface area contributed by atoms with Crippen LogP contribution in [0.5, 0.6) is 0 Å². The number of nitrogens with one attached hydrogen (secondary N) is 1. The molecule has 0 aliphatic carbocycles. The van der Waals surface area contributed by atoms with Crippen LogP contribution < -0.4 is 5.32 Å². The van der Waals surface area contributed by atoms with Gasteiger partial charge < -0.3 is 5.32 Å². The lowest BCUT2D eigenvalue weighted by atomic mass is 10.1. The molecule has 0 atom stereocenters. The minimum Gasteiger partial charge on any atom is -0.346 e. The molecule has 0 saturated heterocycles. The fraction of sp³-hybridized carbons (Fsp3) is 0.214. The molecule has 1 N–H and O–H groups in total. The molecule has 0 aliphatic heterocycles. The van der Waals surface area contributed by atoms with Crippen molar-refractivity contribution in [2.75, 3.05) is 0 Å². The van der Waals surface area contributed by atoms with Crippen molar-refractivity contribution in [2.45, 2.75) is 19.9 Å². The zero-order chi connectivity index (χ0) is 13.7. The summed E-state index contributed by atoms with van der Waals surface area (Å²) in [7, 11) is 0. The molecule has 4 nitrogen and oxygen atoms in total. The smallest absolute Gasteiger partial charge is 0.251 e. The third kappa shape index (κ3) is 3.34. The summed E-state index contributed by atoms with van der Waals surface area (Å²) in [5.41, 5.74) is 2.16. The van der Waals surface area contributed by atoms with E-state index >= 15 is 0 Å². The van der Waals surface area contributed by atoms with Crippen LogP contribution in [0.3, 0.4) is 0 Å². The molecule has 2 aromatic heterocycles. The standard InChI is InChI=1S/C14H14FN3O/c1-2-10-4-3-6-16-12(10)9-18-14(19)11-5-7-17-13(15)8-11/h3-8H,2,9H2,1H3,(H,18,19). The lowest BCUT2D eigenvalue weighted by molar-refractivity contribution is 0.0949. The van der Waals surface area contributed by atoms with Gasteiger partial charge >= 0.3 is 0 Å². The van der Waals surface area contributed by atoms with Gasteiger partial charge in [0.2, 0.25) is 5.95 Å². The van der Waals surface area contributed by atoms with Crippen molar-refractivity contribution in [1.29, 1.82) is 0 Å². The van der Waals surface area contributed by atoms with Crippen LogP contribution in [0.15, 0.2) is 36.7 Å². The highest BCUT2D eigenvalue weighted by atomic mass is 19.1. The first-order valence-corrected chi connectivity index (χ1v) is 6.03. The van der Waals surface area contributed by atoms with E-state index in [1.807, 2.05) is 19.1 Å². The monoisotopic (exact) mass is 259 g/mol. The van der Waals surface area contributed by atoms with Gasteiger partial charge in [0, 0.05) is 24.0 Å². The molecule has 2 heterocycles. The van der Waals surface area contributed by atoms with Gasteiger partial charge in [-0.05, 0) is 24.1 Å². The van der Waals surface area contributed by atoms with Crippen LogP contribution in [0.1, 0.15) is 28.5 Å². The van der Waals surface area contributed by atoms with Crippen molar-refractivity contribution in [2.24, 2.45) is 0 Å². The van der Waals surface area contributed by atoms with Gasteiger partial charge in [-0.25, -0.2) is 4.98 Å². The number of aryl methyl sites for hydroxylation is 1. The average molecular weight is 259 g/mol. The number of amides is 1. The molecule has 2 rings (SSSR count). The first-order chi connectivity index (χ1) is 9.20. The second-order valence-corrected chi connectivity index (χ2v) is 4.01. The van der Waals surface area contributed by atoms with E-state index in [2.05, 4.69) is 15.3 Å². The summed E-state index contributed by atoms with van der Waals surface area (Å²) in [6, 6.07) is 6.41. The number of rotatable bonds is 4. The molecule has 1 amide bonds. The fourth-order valence-electron chi connectivity index (χ4n) is 1.76. The Balaban J connectivity index is 2.04. The van der Waals surface area contributed by atoms with Gasteiger partial charge in [-0.15, -0.1) is 0 Å².